The number of hydrogen-bond donors (Lipinski definition) is 2. The van der Waals surface area contributed by atoms with Crippen molar-refractivity contribution in [1.82, 2.24) is 10.6 Å². The predicted molar refractivity (Wildman–Crippen MR) is 101 cm³/mol. The van der Waals surface area contributed by atoms with Crippen LogP contribution in [0.25, 0.3) is 0 Å². The zero-order chi connectivity index (χ0) is 18.8. The number of ether oxygens (including phenoxy) is 1. The normalized spacial score (nSPS) is 12.7. The Morgan fingerprint density at radius 1 is 0.962 bits per heavy atom. The summed E-state index contributed by atoms with van der Waals surface area (Å²) in [5, 5.41) is 5.72. The molecule has 0 aliphatic carbocycles. The van der Waals surface area contributed by atoms with Crippen LogP contribution in [-0.4, -0.2) is 18.0 Å². The largest absolute Gasteiger partial charge is 0.445 e. The first-order valence-corrected chi connectivity index (χ1v) is 8.90. The predicted octanol–water partition coefficient (Wildman–Crippen LogP) is 3.96. The maximum absolute atomic E-state index is 12.3. The Morgan fingerprint density at radius 3 is 2.19 bits per heavy atom. The van der Waals surface area contributed by atoms with Gasteiger partial charge in [0.05, 0.1) is 6.04 Å². The molecule has 2 N–H and O–H groups in total. The monoisotopic (exact) mass is 354 g/mol. The molecule has 0 radical (unpaired) electrons. The third kappa shape index (κ3) is 6.59. The first kappa shape index (κ1) is 19.5. The van der Waals surface area contributed by atoms with Gasteiger partial charge >= 0.3 is 6.09 Å². The first-order chi connectivity index (χ1) is 12.6. The summed E-state index contributed by atoms with van der Waals surface area (Å²) in [6.07, 6.45) is 0.353. The Morgan fingerprint density at radius 2 is 1.58 bits per heavy atom. The molecule has 26 heavy (non-hydrogen) atoms. The van der Waals surface area contributed by atoms with Crippen molar-refractivity contribution >= 4 is 12.0 Å². The standard InChI is InChI=1S/C21H26N2O3/c1-3-19(23-21(25)26-15-17-10-6-4-7-11-17)14-20(24)22-16(2)18-12-8-5-9-13-18/h4-13,16,19H,3,14-15H2,1-2H3,(H,22,24)(H,23,25)/t16-,19?/m0/s1. The highest BCUT2D eigenvalue weighted by Crippen LogP contribution is 2.12. The van der Waals surface area contributed by atoms with Crippen molar-refractivity contribution in [1.29, 1.82) is 0 Å². The Bertz CT molecular complexity index is 689. The van der Waals surface area contributed by atoms with E-state index in [-0.39, 0.29) is 31.0 Å². The molecule has 2 amide bonds. The fourth-order valence-electron chi connectivity index (χ4n) is 2.58. The van der Waals surface area contributed by atoms with Crippen molar-refractivity contribution in [2.24, 2.45) is 0 Å². The minimum Gasteiger partial charge on any atom is -0.445 e. The average Bonchev–Trinajstić information content (AvgIpc) is 2.67. The smallest absolute Gasteiger partial charge is 0.407 e. The van der Waals surface area contributed by atoms with Crippen LogP contribution in [0.5, 0.6) is 0 Å². The van der Waals surface area contributed by atoms with Gasteiger partial charge in [0.2, 0.25) is 5.91 Å². The van der Waals surface area contributed by atoms with Crippen molar-refractivity contribution in [3.63, 3.8) is 0 Å². The Balaban J connectivity index is 1.76. The van der Waals surface area contributed by atoms with Gasteiger partial charge in [-0.25, -0.2) is 4.79 Å². The summed E-state index contributed by atoms with van der Waals surface area (Å²) in [6.45, 7) is 4.08. The molecule has 2 aromatic rings. The number of alkyl carbamates (subject to hydrolysis) is 1. The SMILES string of the molecule is CCC(CC(=O)N[C@@H](C)c1ccccc1)NC(=O)OCc1ccccc1. The molecule has 2 aromatic carbocycles. The molecule has 0 fully saturated rings. The van der Waals surface area contributed by atoms with Crippen LogP contribution in [0.2, 0.25) is 0 Å². The minimum absolute atomic E-state index is 0.0776. The molecular weight excluding hydrogens is 328 g/mol. The first-order valence-electron chi connectivity index (χ1n) is 8.90. The maximum Gasteiger partial charge on any atom is 0.407 e. The van der Waals surface area contributed by atoms with Gasteiger partial charge < -0.3 is 15.4 Å². The quantitative estimate of drug-likeness (QED) is 0.754. The fraction of sp³-hybridized carbons (Fsp3) is 0.333. The van der Waals surface area contributed by atoms with Crippen molar-refractivity contribution in [2.45, 2.75) is 45.4 Å². The van der Waals surface area contributed by atoms with E-state index in [1.807, 2.05) is 74.5 Å². The van der Waals surface area contributed by atoms with E-state index in [4.69, 9.17) is 4.74 Å². The van der Waals surface area contributed by atoms with Crippen LogP contribution in [0, 0.1) is 0 Å². The van der Waals surface area contributed by atoms with E-state index in [1.54, 1.807) is 0 Å². The molecule has 2 rings (SSSR count). The van der Waals surface area contributed by atoms with Crippen LogP contribution < -0.4 is 10.6 Å². The second-order valence-corrected chi connectivity index (χ2v) is 6.22. The summed E-state index contributed by atoms with van der Waals surface area (Å²) in [6, 6.07) is 18.9. The van der Waals surface area contributed by atoms with Gasteiger partial charge in [0.15, 0.2) is 0 Å². The second kappa shape index (κ2) is 10.2. The molecule has 0 aromatic heterocycles. The van der Waals surface area contributed by atoms with Crippen LogP contribution in [0.15, 0.2) is 60.7 Å². The van der Waals surface area contributed by atoms with Crippen molar-refractivity contribution in [3.8, 4) is 0 Å². The Labute approximate surface area is 154 Å². The average molecular weight is 354 g/mol. The molecule has 5 heteroatoms. The lowest BCUT2D eigenvalue weighted by Crippen LogP contribution is -2.39. The van der Waals surface area contributed by atoms with Crippen molar-refractivity contribution in [2.75, 3.05) is 0 Å². The van der Waals surface area contributed by atoms with E-state index >= 15 is 0 Å². The molecule has 1 unspecified atom stereocenters. The third-order valence-electron chi connectivity index (χ3n) is 4.14. The maximum atomic E-state index is 12.3. The van der Waals surface area contributed by atoms with Crippen molar-refractivity contribution in [3.05, 3.63) is 71.8 Å². The van der Waals surface area contributed by atoms with Crippen LogP contribution in [-0.2, 0) is 16.1 Å². The van der Waals surface area contributed by atoms with Crippen LogP contribution in [0.3, 0.4) is 0 Å². The van der Waals surface area contributed by atoms with Gasteiger partial charge in [0, 0.05) is 12.5 Å². The number of carbonyl (C=O) groups excluding carboxylic acids is 2. The summed E-state index contributed by atoms with van der Waals surface area (Å²) in [7, 11) is 0. The van der Waals surface area contributed by atoms with Crippen LogP contribution in [0.4, 0.5) is 4.79 Å². The second-order valence-electron chi connectivity index (χ2n) is 6.22. The van der Waals surface area contributed by atoms with Crippen molar-refractivity contribution < 1.29 is 14.3 Å². The molecule has 0 saturated heterocycles. The molecule has 0 aliphatic heterocycles. The van der Waals surface area contributed by atoms with E-state index in [1.165, 1.54) is 0 Å². The van der Waals surface area contributed by atoms with Gasteiger partial charge in [0.1, 0.15) is 6.61 Å². The Hall–Kier alpha value is -2.82. The van der Waals surface area contributed by atoms with E-state index in [2.05, 4.69) is 10.6 Å². The molecule has 0 aliphatic rings. The number of hydrogen-bond acceptors (Lipinski definition) is 3. The zero-order valence-electron chi connectivity index (χ0n) is 15.3. The van der Waals surface area contributed by atoms with E-state index in [0.29, 0.717) is 6.42 Å². The number of nitrogens with one attached hydrogen (secondary N) is 2. The van der Waals surface area contributed by atoms with E-state index < -0.39 is 6.09 Å². The molecule has 0 spiro atoms. The number of amides is 2. The number of rotatable bonds is 8. The van der Waals surface area contributed by atoms with Gasteiger partial charge in [-0.1, -0.05) is 67.6 Å². The minimum atomic E-state index is -0.510. The van der Waals surface area contributed by atoms with Crippen LogP contribution >= 0.6 is 0 Å². The lowest BCUT2D eigenvalue weighted by Gasteiger charge is -2.19. The summed E-state index contributed by atoms with van der Waals surface area (Å²) in [5.74, 6) is -0.100. The molecule has 2 atom stereocenters. The zero-order valence-corrected chi connectivity index (χ0v) is 15.3. The lowest BCUT2D eigenvalue weighted by molar-refractivity contribution is -0.122. The van der Waals surface area contributed by atoms with Gasteiger partial charge in [0.25, 0.3) is 0 Å². The summed E-state index contributed by atoms with van der Waals surface area (Å²) in [4.78, 5) is 24.2. The summed E-state index contributed by atoms with van der Waals surface area (Å²) < 4.78 is 5.21. The highest BCUT2D eigenvalue weighted by Gasteiger charge is 2.17. The molecule has 138 valence electrons. The highest BCUT2D eigenvalue weighted by molar-refractivity contribution is 5.78. The van der Waals surface area contributed by atoms with Crippen LogP contribution in [0.1, 0.15) is 43.9 Å². The van der Waals surface area contributed by atoms with Gasteiger partial charge in [-0.15, -0.1) is 0 Å². The highest BCUT2D eigenvalue weighted by atomic mass is 16.5. The van der Waals surface area contributed by atoms with E-state index in [0.717, 1.165) is 11.1 Å². The summed E-state index contributed by atoms with van der Waals surface area (Å²) >= 11 is 0. The van der Waals surface area contributed by atoms with Gasteiger partial charge in [-0.2, -0.15) is 0 Å². The Kier molecular flexibility index (Phi) is 7.68. The summed E-state index contributed by atoms with van der Waals surface area (Å²) in [5.41, 5.74) is 1.97. The van der Waals surface area contributed by atoms with E-state index in [9.17, 15) is 9.59 Å². The molecule has 0 bridgehead atoms. The molecule has 0 saturated carbocycles. The molecule has 0 heterocycles. The molecule has 5 nitrogen and oxygen atoms in total. The third-order valence-corrected chi connectivity index (χ3v) is 4.14. The van der Waals surface area contributed by atoms with Gasteiger partial charge in [-0.05, 0) is 24.5 Å². The number of benzene rings is 2. The number of carbonyl (C=O) groups is 2. The fourth-order valence-corrected chi connectivity index (χ4v) is 2.58. The molecular formula is C21H26N2O3. The topological polar surface area (TPSA) is 67.4 Å². The van der Waals surface area contributed by atoms with Gasteiger partial charge in [-0.3, -0.25) is 4.79 Å². The lowest BCUT2D eigenvalue weighted by atomic mass is 10.1.